The maximum atomic E-state index is 13.4. The van der Waals surface area contributed by atoms with Crippen LogP contribution in [0.5, 0.6) is 5.75 Å². The molecule has 1 N–H and O–H groups in total. The number of hydrogen-bond acceptors (Lipinski definition) is 5. The summed E-state index contributed by atoms with van der Waals surface area (Å²) in [6, 6.07) is 10.1. The molecule has 31 heavy (non-hydrogen) atoms. The summed E-state index contributed by atoms with van der Waals surface area (Å²) >= 11 is 0. The molecular weight excluding hydrogens is 395 g/mol. The van der Waals surface area contributed by atoms with Crippen molar-refractivity contribution in [2.45, 2.75) is 32.4 Å². The molecule has 0 saturated heterocycles. The van der Waals surface area contributed by atoms with Gasteiger partial charge in [0, 0.05) is 47.3 Å². The van der Waals surface area contributed by atoms with E-state index in [1.54, 1.807) is 18.5 Å². The average molecular weight is 416 g/mol. The number of nitrogens with zero attached hydrogens (tertiary/aromatic N) is 3. The van der Waals surface area contributed by atoms with Crippen molar-refractivity contribution < 1.29 is 13.9 Å². The maximum Gasteiger partial charge on any atom is 0.226 e. The first kappa shape index (κ1) is 19.4. The fraction of sp³-hybridized carbons (Fsp3) is 0.250. The number of rotatable bonds is 4. The van der Waals surface area contributed by atoms with E-state index in [0.29, 0.717) is 31.0 Å². The van der Waals surface area contributed by atoms with Crippen molar-refractivity contribution in [1.82, 2.24) is 15.3 Å². The van der Waals surface area contributed by atoms with Crippen LogP contribution in [0.4, 0.5) is 4.39 Å². The molecule has 0 radical (unpaired) electrons. The van der Waals surface area contributed by atoms with Gasteiger partial charge in [-0.3, -0.25) is 19.8 Å². The zero-order chi connectivity index (χ0) is 21.4. The molecule has 0 saturated carbocycles. The number of carbonyl (C=O) groups excluding carboxylic acids is 1. The Hall–Kier alpha value is -3.61. The molecule has 1 amide bonds. The summed E-state index contributed by atoms with van der Waals surface area (Å²) in [5.41, 5.74) is 6.43. The number of carbonyl (C=O) groups is 1. The van der Waals surface area contributed by atoms with Crippen LogP contribution in [0.25, 0.3) is 0 Å². The van der Waals surface area contributed by atoms with Gasteiger partial charge in [0.2, 0.25) is 5.91 Å². The highest BCUT2D eigenvalue weighted by Gasteiger charge is 2.24. The highest BCUT2D eigenvalue weighted by atomic mass is 19.1. The lowest BCUT2D eigenvalue weighted by atomic mass is 9.99. The van der Waals surface area contributed by atoms with Gasteiger partial charge in [-0.25, -0.2) is 4.39 Å². The molecule has 2 aliphatic heterocycles. The molecule has 4 heterocycles. The van der Waals surface area contributed by atoms with Gasteiger partial charge in [0.1, 0.15) is 11.6 Å². The van der Waals surface area contributed by atoms with E-state index in [-0.39, 0.29) is 24.2 Å². The molecule has 3 aromatic rings. The minimum atomic E-state index is -0.350. The first-order valence-corrected chi connectivity index (χ1v) is 10.2. The zero-order valence-electron chi connectivity index (χ0n) is 17.1. The molecular formula is C24H21FN4O2. The summed E-state index contributed by atoms with van der Waals surface area (Å²) in [5.74, 6) is 0.0123. The molecule has 2 aromatic heterocycles. The van der Waals surface area contributed by atoms with E-state index in [9.17, 15) is 9.18 Å². The van der Waals surface area contributed by atoms with Crippen LogP contribution in [0.1, 0.15) is 46.1 Å². The maximum absolute atomic E-state index is 13.4. The number of ether oxygens (including phenoxy) is 1. The number of pyridine rings is 2. The van der Waals surface area contributed by atoms with Crippen molar-refractivity contribution in [2.75, 3.05) is 6.61 Å². The Morgan fingerprint density at radius 2 is 2.13 bits per heavy atom. The molecule has 0 unspecified atom stereocenters. The number of amides is 1. The van der Waals surface area contributed by atoms with Crippen LogP contribution in [0.2, 0.25) is 0 Å². The highest BCUT2D eigenvalue weighted by Crippen LogP contribution is 2.32. The first-order chi connectivity index (χ1) is 15.1. The number of hydrogen-bond donors (Lipinski definition) is 1. The number of halogens is 1. The van der Waals surface area contributed by atoms with Crippen LogP contribution in [-0.4, -0.2) is 28.2 Å². The lowest BCUT2D eigenvalue weighted by Crippen LogP contribution is -2.33. The number of nitrogens with one attached hydrogen (secondary N) is 1. The molecule has 0 bridgehead atoms. The van der Waals surface area contributed by atoms with Crippen molar-refractivity contribution in [1.29, 1.82) is 0 Å². The van der Waals surface area contributed by atoms with Crippen LogP contribution >= 0.6 is 0 Å². The van der Waals surface area contributed by atoms with Gasteiger partial charge in [0.15, 0.2) is 0 Å². The first-order valence-electron chi connectivity index (χ1n) is 10.2. The number of fused-ring (bicyclic) bond motifs is 2. The quantitative estimate of drug-likeness (QED) is 0.707. The molecule has 2 aliphatic rings. The lowest BCUT2D eigenvalue weighted by molar-refractivity contribution is -0.121. The Morgan fingerprint density at radius 3 is 3.00 bits per heavy atom. The van der Waals surface area contributed by atoms with Crippen molar-refractivity contribution in [3.8, 4) is 5.75 Å². The Bertz CT molecular complexity index is 1210. The third-order valence-electron chi connectivity index (χ3n) is 5.57. The van der Waals surface area contributed by atoms with Gasteiger partial charge in [0.05, 0.1) is 37.0 Å². The number of benzene rings is 1. The molecule has 6 nitrogen and oxygen atoms in total. The highest BCUT2D eigenvalue weighted by molar-refractivity contribution is 6.15. The van der Waals surface area contributed by atoms with Crippen LogP contribution in [0.15, 0.2) is 53.8 Å². The fourth-order valence-electron chi connectivity index (χ4n) is 4.10. The SMILES string of the molecule is Cc1cc(C2=NCc3cc(CC(=O)N[C@@H]4CCOc5cc(F)ccc54)ncc32)ccn1. The molecule has 1 aromatic carbocycles. The van der Waals surface area contributed by atoms with E-state index in [0.717, 1.165) is 33.7 Å². The number of aryl methyl sites for hydroxylation is 1. The van der Waals surface area contributed by atoms with Crippen molar-refractivity contribution in [3.05, 3.63) is 88.3 Å². The Labute approximate surface area is 179 Å². The molecule has 156 valence electrons. The minimum absolute atomic E-state index is 0.126. The summed E-state index contributed by atoms with van der Waals surface area (Å²) in [7, 11) is 0. The Kier molecular flexibility index (Phi) is 4.94. The number of aliphatic imine (C=N–C) groups is 1. The molecule has 0 aliphatic carbocycles. The second kappa shape index (κ2) is 7.91. The second-order valence-electron chi connectivity index (χ2n) is 7.80. The van der Waals surface area contributed by atoms with E-state index >= 15 is 0 Å². The summed E-state index contributed by atoms with van der Waals surface area (Å²) < 4.78 is 19.0. The van der Waals surface area contributed by atoms with Crippen molar-refractivity contribution in [2.24, 2.45) is 4.99 Å². The fourth-order valence-corrected chi connectivity index (χ4v) is 4.10. The van der Waals surface area contributed by atoms with Crippen LogP contribution < -0.4 is 10.1 Å². The lowest BCUT2D eigenvalue weighted by Gasteiger charge is -2.26. The van der Waals surface area contributed by atoms with Crippen LogP contribution in [-0.2, 0) is 17.8 Å². The average Bonchev–Trinajstić information content (AvgIpc) is 3.17. The van der Waals surface area contributed by atoms with Gasteiger partial charge in [-0.2, -0.15) is 0 Å². The molecule has 1 atom stereocenters. The van der Waals surface area contributed by atoms with Gasteiger partial charge in [-0.15, -0.1) is 0 Å². The summed E-state index contributed by atoms with van der Waals surface area (Å²) in [6.45, 7) is 2.96. The predicted molar refractivity (Wildman–Crippen MR) is 114 cm³/mol. The predicted octanol–water partition coefficient (Wildman–Crippen LogP) is 3.46. The minimum Gasteiger partial charge on any atom is -0.493 e. The van der Waals surface area contributed by atoms with E-state index in [4.69, 9.17) is 4.74 Å². The largest absolute Gasteiger partial charge is 0.493 e. The standard InChI is InChI=1S/C24H21FN4O2/c1-14-8-15(4-6-26-14)24-20-13-27-18(9-16(20)12-28-24)11-23(30)29-21-5-7-31-22-10-17(25)2-3-19(21)22/h2-4,6,8-10,13,21H,5,7,11-12H2,1H3,(H,29,30)/t21-/m1/s1. The summed E-state index contributed by atoms with van der Waals surface area (Å²) in [6.07, 6.45) is 4.39. The smallest absolute Gasteiger partial charge is 0.226 e. The molecule has 0 fully saturated rings. The Balaban J connectivity index is 1.29. The molecule has 5 rings (SSSR count). The van der Waals surface area contributed by atoms with Gasteiger partial charge in [-0.05, 0) is 36.8 Å². The Morgan fingerprint density at radius 1 is 1.23 bits per heavy atom. The van der Waals surface area contributed by atoms with E-state index < -0.39 is 0 Å². The number of aromatic nitrogens is 2. The third kappa shape index (κ3) is 3.91. The zero-order valence-corrected chi connectivity index (χ0v) is 17.1. The van der Waals surface area contributed by atoms with Crippen molar-refractivity contribution in [3.63, 3.8) is 0 Å². The van der Waals surface area contributed by atoms with Gasteiger partial charge in [0.25, 0.3) is 0 Å². The monoisotopic (exact) mass is 416 g/mol. The normalized spacial score (nSPS) is 16.7. The van der Waals surface area contributed by atoms with Crippen molar-refractivity contribution >= 4 is 11.6 Å². The summed E-state index contributed by atoms with van der Waals surface area (Å²) in [5, 5.41) is 3.03. The van der Waals surface area contributed by atoms with E-state index in [1.165, 1.54) is 12.1 Å². The third-order valence-corrected chi connectivity index (χ3v) is 5.57. The second-order valence-corrected chi connectivity index (χ2v) is 7.80. The topological polar surface area (TPSA) is 76.5 Å². The van der Waals surface area contributed by atoms with E-state index in [1.807, 2.05) is 25.1 Å². The molecule has 7 heteroatoms. The van der Waals surface area contributed by atoms with E-state index in [2.05, 4.69) is 20.3 Å². The van der Waals surface area contributed by atoms with Gasteiger partial charge >= 0.3 is 0 Å². The van der Waals surface area contributed by atoms with Gasteiger partial charge in [-0.1, -0.05) is 6.07 Å². The molecule has 0 spiro atoms. The summed E-state index contributed by atoms with van der Waals surface area (Å²) in [4.78, 5) is 26.1. The van der Waals surface area contributed by atoms with Crippen LogP contribution in [0, 0.1) is 12.7 Å². The van der Waals surface area contributed by atoms with Gasteiger partial charge < -0.3 is 10.1 Å². The van der Waals surface area contributed by atoms with Crippen LogP contribution in [0.3, 0.4) is 0 Å².